The standard InChI is InChI=1S/C25H28N2O4/c1-5-30-22-12-16(10-11-21(22)31-15(2)28)24-23-19(13-25(3,4)14-20(23)29)26-17-8-6-7-9-18(17)27-24/h6-12,24,26-27H,5,13-14H2,1-4H3/t24-/m0/s1. The Morgan fingerprint density at radius 3 is 2.55 bits per heavy atom. The quantitative estimate of drug-likeness (QED) is 0.521. The molecular weight excluding hydrogens is 392 g/mol. The van der Waals surface area contributed by atoms with Gasteiger partial charge in [0.2, 0.25) is 0 Å². The first-order chi connectivity index (χ1) is 14.8. The number of rotatable bonds is 4. The number of benzene rings is 2. The van der Waals surface area contributed by atoms with Crippen LogP contribution < -0.4 is 20.1 Å². The van der Waals surface area contributed by atoms with Crippen LogP contribution in [0.15, 0.2) is 53.7 Å². The number of ketones is 1. The lowest BCUT2D eigenvalue weighted by atomic mass is 9.73. The Kier molecular flexibility index (Phi) is 5.48. The topological polar surface area (TPSA) is 76.7 Å². The number of anilines is 2. The number of para-hydroxylation sites is 2. The lowest BCUT2D eigenvalue weighted by molar-refractivity contribution is -0.132. The smallest absolute Gasteiger partial charge is 0.308 e. The number of esters is 1. The normalized spacial score (nSPS) is 19.4. The Morgan fingerprint density at radius 1 is 1.10 bits per heavy atom. The average Bonchev–Trinajstić information content (AvgIpc) is 2.84. The maximum atomic E-state index is 13.3. The van der Waals surface area contributed by atoms with Gasteiger partial charge in [-0.25, -0.2) is 0 Å². The molecule has 0 bridgehead atoms. The predicted molar refractivity (Wildman–Crippen MR) is 120 cm³/mol. The van der Waals surface area contributed by atoms with E-state index in [0.717, 1.165) is 34.6 Å². The fourth-order valence-corrected chi connectivity index (χ4v) is 4.35. The van der Waals surface area contributed by atoms with E-state index in [-0.39, 0.29) is 17.2 Å². The van der Waals surface area contributed by atoms with E-state index in [9.17, 15) is 9.59 Å². The fraction of sp³-hybridized carbons (Fsp3) is 0.360. The van der Waals surface area contributed by atoms with Crippen LogP contribution in [-0.4, -0.2) is 18.4 Å². The molecule has 1 aliphatic heterocycles. The molecule has 31 heavy (non-hydrogen) atoms. The van der Waals surface area contributed by atoms with Gasteiger partial charge < -0.3 is 20.1 Å². The highest BCUT2D eigenvalue weighted by atomic mass is 16.6. The van der Waals surface area contributed by atoms with Gasteiger partial charge in [0.05, 0.1) is 24.0 Å². The second-order valence-corrected chi connectivity index (χ2v) is 8.81. The van der Waals surface area contributed by atoms with E-state index in [0.29, 0.717) is 24.5 Å². The number of Topliss-reactive ketones (excluding diaryl/α,β-unsaturated/α-hetero) is 1. The minimum absolute atomic E-state index is 0.109. The van der Waals surface area contributed by atoms with Crippen LogP contribution in [0.5, 0.6) is 11.5 Å². The summed E-state index contributed by atoms with van der Waals surface area (Å²) < 4.78 is 11.0. The van der Waals surface area contributed by atoms with Gasteiger partial charge in [0.25, 0.3) is 0 Å². The lowest BCUT2D eigenvalue weighted by Crippen LogP contribution is -2.31. The maximum Gasteiger partial charge on any atom is 0.308 e. The lowest BCUT2D eigenvalue weighted by Gasteiger charge is -2.34. The molecule has 1 heterocycles. The van der Waals surface area contributed by atoms with Gasteiger partial charge >= 0.3 is 5.97 Å². The molecule has 0 amide bonds. The third-order valence-electron chi connectivity index (χ3n) is 5.58. The van der Waals surface area contributed by atoms with Crippen molar-refractivity contribution in [1.82, 2.24) is 0 Å². The summed E-state index contributed by atoms with van der Waals surface area (Å²) >= 11 is 0. The number of nitrogens with one attached hydrogen (secondary N) is 2. The van der Waals surface area contributed by atoms with E-state index in [4.69, 9.17) is 9.47 Å². The minimum Gasteiger partial charge on any atom is -0.490 e. The highest BCUT2D eigenvalue weighted by Gasteiger charge is 2.38. The van der Waals surface area contributed by atoms with E-state index < -0.39 is 5.97 Å². The van der Waals surface area contributed by atoms with Gasteiger partial charge in [-0.2, -0.15) is 0 Å². The molecule has 0 aromatic heterocycles. The van der Waals surface area contributed by atoms with Crippen LogP contribution in [0, 0.1) is 5.41 Å². The Labute approximate surface area is 182 Å². The van der Waals surface area contributed by atoms with Gasteiger partial charge in [-0.3, -0.25) is 9.59 Å². The Hall–Kier alpha value is -3.28. The maximum absolute atomic E-state index is 13.3. The molecule has 0 fully saturated rings. The first-order valence-electron chi connectivity index (χ1n) is 10.6. The molecule has 162 valence electrons. The second-order valence-electron chi connectivity index (χ2n) is 8.81. The summed E-state index contributed by atoms with van der Waals surface area (Å²) in [6, 6.07) is 13.1. The van der Waals surface area contributed by atoms with Gasteiger partial charge in [0.15, 0.2) is 17.3 Å². The van der Waals surface area contributed by atoms with Gasteiger partial charge in [0.1, 0.15) is 0 Å². The molecule has 2 aromatic carbocycles. The third kappa shape index (κ3) is 4.29. The van der Waals surface area contributed by atoms with Gasteiger partial charge in [-0.1, -0.05) is 32.0 Å². The van der Waals surface area contributed by atoms with Crippen molar-refractivity contribution in [3.8, 4) is 11.5 Å². The molecule has 1 aliphatic carbocycles. The number of hydrogen-bond acceptors (Lipinski definition) is 6. The summed E-state index contributed by atoms with van der Waals surface area (Å²) in [5.41, 5.74) is 4.34. The van der Waals surface area contributed by atoms with Crippen LogP contribution in [0.4, 0.5) is 11.4 Å². The highest BCUT2D eigenvalue weighted by molar-refractivity contribution is 6.01. The van der Waals surface area contributed by atoms with Crippen LogP contribution in [0.2, 0.25) is 0 Å². The number of fused-ring (bicyclic) bond motifs is 1. The molecule has 2 aliphatic rings. The van der Waals surface area contributed by atoms with E-state index in [1.807, 2.05) is 43.3 Å². The Balaban J connectivity index is 1.84. The molecule has 6 heteroatoms. The molecule has 2 aromatic rings. The molecule has 6 nitrogen and oxygen atoms in total. The van der Waals surface area contributed by atoms with Crippen LogP contribution in [-0.2, 0) is 9.59 Å². The summed E-state index contributed by atoms with van der Waals surface area (Å²) in [7, 11) is 0. The molecule has 1 atom stereocenters. The average molecular weight is 421 g/mol. The molecule has 0 radical (unpaired) electrons. The monoisotopic (exact) mass is 420 g/mol. The molecule has 4 rings (SSSR count). The number of carbonyl (C=O) groups excluding carboxylic acids is 2. The molecule has 0 saturated heterocycles. The minimum atomic E-state index is -0.408. The highest BCUT2D eigenvalue weighted by Crippen LogP contribution is 2.46. The largest absolute Gasteiger partial charge is 0.490 e. The van der Waals surface area contributed by atoms with Crippen molar-refractivity contribution in [2.75, 3.05) is 17.2 Å². The van der Waals surface area contributed by atoms with Crippen molar-refractivity contribution in [2.24, 2.45) is 5.41 Å². The number of ether oxygens (including phenoxy) is 2. The predicted octanol–water partition coefficient (Wildman–Crippen LogP) is 5.23. The summed E-state index contributed by atoms with van der Waals surface area (Å²) in [5, 5.41) is 7.08. The number of carbonyl (C=O) groups is 2. The summed E-state index contributed by atoms with van der Waals surface area (Å²) in [5.74, 6) is 0.573. The zero-order valence-electron chi connectivity index (χ0n) is 18.4. The van der Waals surface area contributed by atoms with E-state index in [1.54, 1.807) is 6.07 Å². The van der Waals surface area contributed by atoms with Crippen molar-refractivity contribution in [2.45, 2.75) is 46.6 Å². The molecule has 0 spiro atoms. The zero-order chi connectivity index (χ0) is 22.2. The van der Waals surface area contributed by atoms with Crippen molar-refractivity contribution in [1.29, 1.82) is 0 Å². The van der Waals surface area contributed by atoms with Gasteiger partial charge in [0, 0.05) is 24.6 Å². The molecule has 2 N–H and O–H groups in total. The van der Waals surface area contributed by atoms with Gasteiger partial charge in [-0.15, -0.1) is 0 Å². The van der Waals surface area contributed by atoms with Crippen LogP contribution in [0.25, 0.3) is 0 Å². The van der Waals surface area contributed by atoms with Crippen molar-refractivity contribution < 1.29 is 19.1 Å². The first kappa shape index (κ1) is 21.0. The summed E-state index contributed by atoms with van der Waals surface area (Å²) in [4.78, 5) is 24.8. The van der Waals surface area contributed by atoms with Crippen LogP contribution in [0.1, 0.15) is 52.1 Å². The molecule has 0 saturated carbocycles. The van der Waals surface area contributed by atoms with Gasteiger partial charge in [-0.05, 0) is 48.6 Å². The number of hydrogen-bond donors (Lipinski definition) is 2. The van der Waals surface area contributed by atoms with Crippen LogP contribution in [0.3, 0.4) is 0 Å². The number of allylic oxidation sites excluding steroid dienone is 1. The van der Waals surface area contributed by atoms with E-state index in [1.165, 1.54) is 6.92 Å². The Morgan fingerprint density at radius 2 is 1.84 bits per heavy atom. The van der Waals surface area contributed by atoms with Crippen molar-refractivity contribution in [3.05, 3.63) is 59.3 Å². The third-order valence-corrected chi connectivity index (χ3v) is 5.58. The Bertz CT molecular complexity index is 1070. The van der Waals surface area contributed by atoms with Crippen molar-refractivity contribution in [3.63, 3.8) is 0 Å². The van der Waals surface area contributed by atoms with E-state index >= 15 is 0 Å². The van der Waals surface area contributed by atoms with Crippen molar-refractivity contribution >= 4 is 23.1 Å². The molecule has 0 unspecified atom stereocenters. The molecular formula is C25H28N2O4. The fourth-order valence-electron chi connectivity index (χ4n) is 4.35. The first-order valence-corrected chi connectivity index (χ1v) is 10.6. The zero-order valence-corrected chi connectivity index (χ0v) is 18.4. The second kappa shape index (κ2) is 8.10. The summed E-state index contributed by atoms with van der Waals surface area (Å²) in [6.07, 6.45) is 1.27. The van der Waals surface area contributed by atoms with Crippen LogP contribution >= 0.6 is 0 Å². The SMILES string of the molecule is CCOc1cc([C@@H]2Nc3ccccc3NC3=C2C(=O)CC(C)(C)C3)ccc1OC(C)=O. The van der Waals surface area contributed by atoms with E-state index in [2.05, 4.69) is 24.5 Å². The summed E-state index contributed by atoms with van der Waals surface area (Å²) in [6.45, 7) is 7.91.